The van der Waals surface area contributed by atoms with Crippen molar-refractivity contribution in [2.75, 3.05) is 44.6 Å². The molecule has 1 aromatic heterocycles. The third-order valence-corrected chi connectivity index (χ3v) is 7.48. The quantitative estimate of drug-likeness (QED) is 0.497. The normalized spacial score (nSPS) is 18.0. The topological polar surface area (TPSA) is 57.7 Å². The van der Waals surface area contributed by atoms with Gasteiger partial charge in [-0.05, 0) is 44.1 Å². The first-order chi connectivity index (χ1) is 17.2. The molecular weight excluding hydrogens is 436 g/mol. The van der Waals surface area contributed by atoms with E-state index in [9.17, 15) is 4.79 Å². The second-order valence-electron chi connectivity index (χ2n) is 9.68. The highest BCUT2D eigenvalue weighted by Gasteiger charge is 2.41. The summed E-state index contributed by atoms with van der Waals surface area (Å²) < 4.78 is 6.84. The van der Waals surface area contributed by atoms with Crippen LogP contribution in [0.2, 0.25) is 0 Å². The number of benzene rings is 2. The summed E-state index contributed by atoms with van der Waals surface area (Å²) >= 11 is 0. The number of amides is 1. The molecule has 35 heavy (non-hydrogen) atoms. The molecule has 184 valence electrons. The van der Waals surface area contributed by atoms with E-state index in [1.54, 1.807) is 0 Å². The monoisotopic (exact) mass is 472 g/mol. The second kappa shape index (κ2) is 10.6. The van der Waals surface area contributed by atoms with Crippen molar-refractivity contribution in [2.24, 2.45) is 0 Å². The number of aromatic nitrogens is 1. The maximum Gasteiger partial charge on any atom is 0.222 e. The van der Waals surface area contributed by atoms with E-state index in [-0.39, 0.29) is 5.91 Å². The fourth-order valence-electron chi connectivity index (χ4n) is 5.53. The molecule has 2 fully saturated rings. The Labute approximate surface area is 208 Å². The molecule has 1 N–H and O–H groups in total. The maximum atomic E-state index is 12.4. The molecule has 0 atom stereocenters. The zero-order valence-corrected chi connectivity index (χ0v) is 20.7. The van der Waals surface area contributed by atoms with Crippen molar-refractivity contribution in [1.29, 1.82) is 0 Å². The van der Waals surface area contributed by atoms with Crippen LogP contribution in [0.25, 0.3) is 10.9 Å². The van der Waals surface area contributed by atoms with Gasteiger partial charge in [0, 0.05) is 62.6 Å². The van der Waals surface area contributed by atoms with Gasteiger partial charge in [0.25, 0.3) is 0 Å². The Balaban J connectivity index is 1.51. The summed E-state index contributed by atoms with van der Waals surface area (Å²) in [5, 5.41) is 4.89. The Bertz CT molecular complexity index is 1140. The molecule has 0 bridgehead atoms. The zero-order chi connectivity index (χ0) is 24.1. The molecular formula is C29H36N4O2. The molecule has 6 nitrogen and oxygen atoms in total. The van der Waals surface area contributed by atoms with Crippen molar-refractivity contribution in [3.05, 3.63) is 66.4 Å². The average Bonchev–Trinajstić information content (AvgIpc) is 3.43. The number of likely N-dealkylation sites (tertiary alicyclic amines) is 2. The number of carbonyl (C=O) groups excluding carboxylic acids is 1. The molecule has 0 aliphatic carbocycles. The number of anilines is 1. The van der Waals surface area contributed by atoms with Crippen LogP contribution in [-0.2, 0) is 10.4 Å². The number of piperidine rings is 1. The fourth-order valence-corrected chi connectivity index (χ4v) is 5.53. The minimum Gasteiger partial charge on any atom is -0.482 e. The van der Waals surface area contributed by atoms with Crippen molar-refractivity contribution < 1.29 is 9.53 Å². The van der Waals surface area contributed by atoms with Gasteiger partial charge in [-0.1, -0.05) is 43.3 Å². The number of rotatable bonds is 8. The Morgan fingerprint density at radius 3 is 2.51 bits per heavy atom. The molecule has 5 rings (SSSR count). The summed E-state index contributed by atoms with van der Waals surface area (Å²) in [5.74, 6) is 1.06. The second-order valence-corrected chi connectivity index (χ2v) is 9.68. The lowest BCUT2D eigenvalue weighted by Crippen LogP contribution is -2.48. The maximum absolute atomic E-state index is 12.4. The molecule has 2 aliphatic heterocycles. The predicted molar refractivity (Wildman–Crippen MR) is 141 cm³/mol. The van der Waals surface area contributed by atoms with Crippen LogP contribution in [0.3, 0.4) is 0 Å². The first kappa shape index (κ1) is 23.6. The minimum atomic E-state index is -0.534. The first-order valence-corrected chi connectivity index (χ1v) is 13.0. The highest BCUT2D eigenvalue weighted by molar-refractivity contribution is 5.92. The standard InChI is InChI=1S/C29H36N4O2/c1-2-26(34)33-20-14-29(15-21-33,35-24-10-4-3-5-11-24)25-13-12-23-9-8-16-30-27(23)28(25)31-17-22-32-18-6-7-19-32/h3-5,8-13,16,31H,2,6-7,14-15,17-22H2,1H3. The van der Waals surface area contributed by atoms with Gasteiger partial charge in [0.1, 0.15) is 11.4 Å². The van der Waals surface area contributed by atoms with E-state index in [2.05, 4.69) is 28.4 Å². The zero-order valence-electron chi connectivity index (χ0n) is 20.7. The van der Waals surface area contributed by atoms with Crippen molar-refractivity contribution >= 4 is 22.5 Å². The average molecular weight is 473 g/mol. The molecule has 3 aromatic rings. The van der Waals surface area contributed by atoms with Gasteiger partial charge in [-0.25, -0.2) is 0 Å². The summed E-state index contributed by atoms with van der Waals surface area (Å²) in [5.41, 5.74) is 2.65. The van der Waals surface area contributed by atoms with Crippen molar-refractivity contribution in [3.63, 3.8) is 0 Å². The Morgan fingerprint density at radius 2 is 1.77 bits per heavy atom. The number of para-hydroxylation sites is 1. The number of carbonyl (C=O) groups is 1. The number of hydrogen-bond donors (Lipinski definition) is 1. The van der Waals surface area contributed by atoms with E-state index >= 15 is 0 Å². The molecule has 3 heterocycles. The van der Waals surface area contributed by atoms with Crippen LogP contribution in [0.15, 0.2) is 60.8 Å². The van der Waals surface area contributed by atoms with Crippen LogP contribution in [0.4, 0.5) is 5.69 Å². The number of hydrogen-bond acceptors (Lipinski definition) is 5. The van der Waals surface area contributed by atoms with Gasteiger partial charge in [-0.3, -0.25) is 9.78 Å². The van der Waals surface area contributed by atoms with E-state index < -0.39 is 5.60 Å². The lowest BCUT2D eigenvalue weighted by molar-refractivity contribution is -0.134. The van der Waals surface area contributed by atoms with Gasteiger partial charge < -0.3 is 19.9 Å². The first-order valence-electron chi connectivity index (χ1n) is 13.0. The highest BCUT2D eigenvalue weighted by Crippen LogP contribution is 2.43. The van der Waals surface area contributed by atoms with Crippen LogP contribution in [0.1, 0.15) is 44.6 Å². The third kappa shape index (κ3) is 5.13. The van der Waals surface area contributed by atoms with E-state index in [1.807, 2.05) is 54.4 Å². The lowest BCUT2D eigenvalue weighted by atomic mass is 9.82. The molecule has 2 aromatic carbocycles. The van der Waals surface area contributed by atoms with Crippen LogP contribution in [0, 0.1) is 0 Å². The van der Waals surface area contributed by atoms with Crippen molar-refractivity contribution in [2.45, 2.75) is 44.6 Å². The fraction of sp³-hybridized carbons (Fsp3) is 0.448. The van der Waals surface area contributed by atoms with Crippen molar-refractivity contribution in [3.8, 4) is 5.75 Å². The Kier molecular flexibility index (Phi) is 7.19. The van der Waals surface area contributed by atoms with Crippen LogP contribution >= 0.6 is 0 Å². The van der Waals surface area contributed by atoms with Gasteiger partial charge in [-0.15, -0.1) is 0 Å². The summed E-state index contributed by atoms with van der Waals surface area (Å²) in [6, 6.07) is 18.5. The Hall–Kier alpha value is -3.12. The van der Waals surface area contributed by atoms with Crippen LogP contribution in [-0.4, -0.2) is 60.0 Å². The minimum absolute atomic E-state index is 0.211. The molecule has 2 saturated heterocycles. The number of ether oxygens (including phenoxy) is 1. The molecule has 2 aliphatic rings. The van der Waals surface area contributed by atoms with Gasteiger partial charge in [0.05, 0.1) is 11.2 Å². The predicted octanol–water partition coefficient (Wildman–Crippen LogP) is 5.05. The summed E-state index contributed by atoms with van der Waals surface area (Å²) in [7, 11) is 0. The van der Waals surface area contributed by atoms with Gasteiger partial charge in [0.15, 0.2) is 0 Å². The number of fused-ring (bicyclic) bond motifs is 1. The third-order valence-electron chi connectivity index (χ3n) is 7.48. The number of pyridine rings is 1. The van der Waals surface area contributed by atoms with Gasteiger partial charge >= 0.3 is 0 Å². The highest BCUT2D eigenvalue weighted by atomic mass is 16.5. The van der Waals surface area contributed by atoms with E-state index in [0.29, 0.717) is 19.5 Å². The SMILES string of the molecule is CCC(=O)N1CCC(Oc2ccccc2)(c2ccc3cccnc3c2NCCN2CCCC2)CC1. The lowest BCUT2D eigenvalue weighted by Gasteiger charge is -2.43. The summed E-state index contributed by atoms with van der Waals surface area (Å²) in [4.78, 5) is 21.7. The molecule has 6 heteroatoms. The smallest absolute Gasteiger partial charge is 0.222 e. The van der Waals surface area contributed by atoms with Crippen molar-refractivity contribution in [1.82, 2.24) is 14.8 Å². The van der Waals surface area contributed by atoms with E-state index in [0.717, 1.165) is 53.8 Å². The van der Waals surface area contributed by atoms with Gasteiger partial charge in [0.2, 0.25) is 5.91 Å². The molecule has 0 radical (unpaired) electrons. The molecule has 1 amide bonds. The summed E-state index contributed by atoms with van der Waals surface area (Å²) in [6.45, 7) is 7.57. The van der Waals surface area contributed by atoms with Gasteiger partial charge in [-0.2, -0.15) is 0 Å². The van der Waals surface area contributed by atoms with E-state index in [4.69, 9.17) is 9.72 Å². The van der Waals surface area contributed by atoms with E-state index in [1.165, 1.54) is 25.9 Å². The molecule has 0 unspecified atom stereocenters. The number of nitrogens with zero attached hydrogens (tertiary/aromatic N) is 3. The largest absolute Gasteiger partial charge is 0.482 e. The number of nitrogens with one attached hydrogen (secondary N) is 1. The van der Waals surface area contributed by atoms with Crippen LogP contribution < -0.4 is 10.1 Å². The summed E-state index contributed by atoms with van der Waals surface area (Å²) in [6.07, 6.45) is 6.48. The molecule has 0 saturated carbocycles. The van der Waals surface area contributed by atoms with Crippen LogP contribution in [0.5, 0.6) is 5.75 Å². The molecule has 0 spiro atoms. The Morgan fingerprint density at radius 1 is 1.00 bits per heavy atom.